The van der Waals surface area contributed by atoms with Crippen LogP contribution in [0, 0.1) is 6.92 Å². The summed E-state index contributed by atoms with van der Waals surface area (Å²) < 4.78 is 0. The summed E-state index contributed by atoms with van der Waals surface area (Å²) >= 11 is 0. The van der Waals surface area contributed by atoms with E-state index in [9.17, 15) is 5.11 Å². The van der Waals surface area contributed by atoms with E-state index in [0.717, 1.165) is 5.56 Å². The van der Waals surface area contributed by atoms with Crippen LogP contribution in [0.2, 0.25) is 0 Å². The average Bonchev–Trinajstić information content (AvgIpc) is 2.02. The molecule has 0 spiro atoms. The molecule has 0 aliphatic heterocycles. The Labute approximate surface area is 86.8 Å². The Bertz CT molecular complexity index is 324. The van der Waals surface area contributed by atoms with Crippen molar-refractivity contribution >= 4 is 0 Å². The molecule has 0 saturated carbocycles. The molecule has 14 heavy (non-hydrogen) atoms. The first-order valence-electron chi connectivity index (χ1n) is 5.27. The van der Waals surface area contributed by atoms with Crippen molar-refractivity contribution in [2.75, 3.05) is 0 Å². The minimum Gasteiger partial charge on any atom is -0.508 e. The minimum absolute atomic E-state index is 0.383. The van der Waals surface area contributed by atoms with Crippen LogP contribution in [0.1, 0.15) is 56.2 Å². The first-order chi connectivity index (χ1) is 6.45. The average molecular weight is 192 g/mol. The Hall–Kier alpha value is -0.980. The van der Waals surface area contributed by atoms with Crippen LogP contribution in [-0.4, -0.2) is 5.11 Å². The van der Waals surface area contributed by atoms with Crippen molar-refractivity contribution < 1.29 is 5.11 Å². The fourth-order valence-electron chi connectivity index (χ4n) is 2.09. The van der Waals surface area contributed by atoms with Crippen molar-refractivity contribution in [3.05, 3.63) is 28.8 Å². The van der Waals surface area contributed by atoms with Crippen molar-refractivity contribution in [3.8, 4) is 5.75 Å². The molecule has 0 heterocycles. The molecule has 0 fully saturated rings. The van der Waals surface area contributed by atoms with Crippen molar-refractivity contribution in [1.29, 1.82) is 0 Å². The zero-order valence-corrected chi connectivity index (χ0v) is 9.76. The summed E-state index contributed by atoms with van der Waals surface area (Å²) in [4.78, 5) is 0. The number of phenols is 1. The van der Waals surface area contributed by atoms with E-state index in [1.54, 1.807) is 0 Å². The molecule has 0 aliphatic carbocycles. The third-order valence-electron chi connectivity index (χ3n) is 2.73. The Morgan fingerprint density at radius 2 is 1.57 bits per heavy atom. The Morgan fingerprint density at radius 1 is 1.00 bits per heavy atom. The van der Waals surface area contributed by atoms with Gasteiger partial charge in [0.1, 0.15) is 5.75 Å². The van der Waals surface area contributed by atoms with Crippen molar-refractivity contribution in [3.63, 3.8) is 0 Å². The van der Waals surface area contributed by atoms with Crippen molar-refractivity contribution in [2.24, 2.45) is 0 Å². The quantitative estimate of drug-likeness (QED) is 0.752. The fourth-order valence-corrected chi connectivity index (χ4v) is 2.09. The second-order valence-corrected chi connectivity index (χ2v) is 4.52. The van der Waals surface area contributed by atoms with Gasteiger partial charge in [0.2, 0.25) is 0 Å². The Morgan fingerprint density at radius 3 is 2.00 bits per heavy atom. The first kappa shape index (κ1) is 11.1. The van der Waals surface area contributed by atoms with E-state index in [0.29, 0.717) is 17.6 Å². The molecule has 1 aromatic rings. The lowest BCUT2D eigenvalue weighted by atomic mass is 9.89. The summed E-state index contributed by atoms with van der Waals surface area (Å²) in [6.45, 7) is 10.7. The summed E-state index contributed by atoms with van der Waals surface area (Å²) in [6, 6.07) is 3.85. The molecule has 0 atom stereocenters. The molecule has 1 N–H and O–H groups in total. The molecule has 1 aromatic carbocycles. The van der Waals surface area contributed by atoms with E-state index in [1.807, 2.05) is 12.1 Å². The predicted octanol–water partition coefficient (Wildman–Crippen LogP) is 3.95. The molecule has 0 amide bonds. The van der Waals surface area contributed by atoms with Crippen LogP contribution in [0.5, 0.6) is 5.75 Å². The zero-order chi connectivity index (χ0) is 10.9. The van der Waals surface area contributed by atoms with Crippen LogP contribution in [0.4, 0.5) is 0 Å². The van der Waals surface area contributed by atoms with E-state index < -0.39 is 0 Å². The molecule has 0 aromatic heterocycles. The van der Waals surface area contributed by atoms with Gasteiger partial charge in [-0.1, -0.05) is 33.8 Å². The molecule has 0 radical (unpaired) electrons. The molecule has 0 saturated heterocycles. The highest BCUT2D eigenvalue weighted by atomic mass is 16.3. The van der Waals surface area contributed by atoms with Crippen LogP contribution in [0.3, 0.4) is 0 Å². The van der Waals surface area contributed by atoms with Crippen LogP contribution < -0.4 is 0 Å². The van der Waals surface area contributed by atoms with Crippen LogP contribution in [0.25, 0.3) is 0 Å². The summed E-state index contributed by atoms with van der Waals surface area (Å²) in [5, 5.41) is 9.77. The third kappa shape index (κ3) is 1.92. The van der Waals surface area contributed by atoms with Gasteiger partial charge in [0.15, 0.2) is 0 Å². The van der Waals surface area contributed by atoms with Gasteiger partial charge in [0.25, 0.3) is 0 Å². The summed E-state index contributed by atoms with van der Waals surface area (Å²) in [5.74, 6) is 1.34. The highest BCUT2D eigenvalue weighted by Crippen LogP contribution is 2.33. The van der Waals surface area contributed by atoms with Gasteiger partial charge in [-0.25, -0.2) is 0 Å². The molecule has 1 heteroatoms. The van der Waals surface area contributed by atoms with E-state index in [4.69, 9.17) is 0 Å². The van der Waals surface area contributed by atoms with Gasteiger partial charge >= 0.3 is 0 Å². The highest BCUT2D eigenvalue weighted by Gasteiger charge is 2.13. The minimum atomic E-state index is 0.383. The first-order valence-corrected chi connectivity index (χ1v) is 5.27. The maximum Gasteiger partial charge on any atom is 0.119 e. The second kappa shape index (κ2) is 4.04. The molecule has 0 bridgehead atoms. The number of phenolic OH excluding ortho intramolecular Hbond substituents is 1. The number of hydrogen-bond donors (Lipinski definition) is 1. The largest absolute Gasteiger partial charge is 0.508 e. The maximum atomic E-state index is 9.77. The van der Waals surface area contributed by atoms with E-state index in [2.05, 4.69) is 34.6 Å². The lowest BCUT2D eigenvalue weighted by molar-refractivity contribution is 0.463. The van der Waals surface area contributed by atoms with Gasteiger partial charge in [-0.3, -0.25) is 0 Å². The predicted molar refractivity (Wildman–Crippen MR) is 61.0 cm³/mol. The Kier molecular flexibility index (Phi) is 3.20. The van der Waals surface area contributed by atoms with Gasteiger partial charge in [-0.05, 0) is 41.5 Å². The summed E-state index contributed by atoms with van der Waals surface area (Å²) in [5.41, 5.74) is 3.68. The smallest absolute Gasteiger partial charge is 0.119 e. The van der Waals surface area contributed by atoms with Gasteiger partial charge in [-0.15, -0.1) is 0 Å². The Balaban J connectivity index is 3.34. The van der Waals surface area contributed by atoms with Gasteiger partial charge < -0.3 is 5.11 Å². The third-order valence-corrected chi connectivity index (χ3v) is 2.73. The highest BCUT2D eigenvalue weighted by molar-refractivity contribution is 5.46. The number of benzene rings is 1. The van der Waals surface area contributed by atoms with Crippen LogP contribution in [-0.2, 0) is 0 Å². The summed E-state index contributed by atoms with van der Waals surface area (Å²) in [7, 11) is 0. The van der Waals surface area contributed by atoms with E-state index in [1.165, 1.54) is 11.1 Å². The van der Waals surface area contributed by atoms with Crippen LogP contribution in [0.15, 0.2) is 12.1 Å². The maximum absolute atomic E-state index is 9.77. The van der Waals surface area contributed by atoms with Crippen LogP contribution >= 0.6 is 0 Å². The zero-order valence-electron chi connectivity index (χ0n) is 9.76. The van der Waals surface area contributed by atoms with E-state index in [-0.39, 0.29) is 0 Å². The fraction of sp³-hybridized carbons (Fsp3) is 0.538. The van der Waals surface area contributed by atoms with Gasteiger partial charge in [-0.2, -0.15) is 0 Å². The topological polar surface area (TPSA) is 20.2 Å². The standard InChI is InChI=1S/C13H20O/c1-8(2)11-6-7-12(14)13(9(3)4)10(11)5/h6-9,14H,1-5H3. The second-order valence-electron chi connectivity index (χ2n) is 4.52. The van der Waals surface area contributed by atoms with Gasteiger partial charge in [0, 0.05) is 0 Å². The summed E-state index contributed by atoms with van der Waals surface area (Å²) in [6.07, 6.45) is 0. The lowest BCUT2D eigenvalue weighted by Gasteiger charge is -2.17. The number of aromatic hydroxyl groups is 1. The molecule has 78 valence electrons. The molecular formula is C13H20O. The SMILES string of the molecule is Cc1c(C(C)C)ccc(O)c1C(C)C. The number of hydrogen-bond acceptors (Lipinski definition) is 1. The lowest BCUT2D eigenvalue weighted by Crippen LogP contribution is -1.99. The molecule has 1 nitrogen and oxygen atoms in total. The monoisotopic (exact) mass is 192 g/mol. The van der Waals surface area contributed by atoms with Crippen molar-refractivity contribution in [1.82, 2.24) is 0 Å². The van der Waals surface area contributed by atoms with Crippen molar-refractivity contribution in [2.45, 2.75) is 46.5 Å². The number of rotatable bonds is 2. The molecule has 1 rings (SSSR count). The normalized spacial score (nSPS) is 11.4. The molecule has 0 unspecified atom stereocenters. The van der Waals surface area contributed by atoms with Gasteiger partial charge in [0.05, 0.1) is 0 Å². The molecular weight excluding hydrogens is 172 g/mol. The molecule has 0 aliphatic rings. The van der Waals surface area contributed by atoms with E-state index >= 15 is 0 Å².